The van der Waals surface area contributed by atoms with Crippen molar-refractivity contribution in [2.75, 3.05) is 6.61 Å². The van der Waals surface area contributed by atoms with Gasteiger partial charge in [0, 0.05) is 30.4 Å². The molecule has 0 saturated heterocycles. The highest BCUT2D eigenvalue weighted by Crippen LogP contribution is 2.36. The maximum absolute atomic E-state index is 13.1. The number of ether oxygens (including phenoxy) is 1. The van der Waals surface area contributed by atoms with Crippen LogP contribution in [-0.2, 0) is 14.3 Å². The molecule has 166 valence electrons. The standard InChI is InChI=1S/C22H19F2IN4O3/c1-22(23,24)32-18-6-4-15(5-7-18)19-11-16(8-10-31-25)20(28-13-27-14-30)21(29-19)17-3-2-9-26-12-17/h2-7,9,11-14H,8,10H2,1H3,(H,27,28,30). The first-order chi connectivity index (χ1) is 15.4. The quantitative estimate of drug-likeness (QED) is 0.164. The number of carbonyl (C=O) groups excluding carboxylic acids is 1. The van der Waals surface area contributed by atoms with Crippen molar-refractivity contribution < 1.29 is 21.4 Å². The average molecular weight is 552 g/mol. The van der Waals surface area contributed by atoms with E-state index in [1.165, 1.54) is 18.5 Å². The molecule has 0 bridgehead atoms. The zero-order valence-electron chi connectivity index (χ0n) is 17.0. The molecular formula is C22H19F2IN4O3. The molecule has 1 amide bonds. The Balaban J connectivity index is 2.11. The van der Waals surface area contributed by atoms with Crippen LogP contribution in [0.2, 0.25) is 0 Å². The molecule has 0 atom stereocenters. The molecule has 0 saturated carbocycles. The fraction of sp³-hybridized carbons (Fsp3) is 0.182. The van der Waals surface area contributed by atoms with E-state index in [9.17, 15) is 13.6 Å². The van der Waals surface area contributed by atoms with Crippen LogP contribution in [0, 0.1) is 0 Å². The van der Waals surface area contributed by atoms with Gasteiger partial charge in [-0.25, -0.2) is 9.98 Å². The summed E-state index contributed by atoms with van der Waals surface area (Å²) in [5, 5.41) is 2.41. The summed E-state index contributed by atoms with van der Waals surface area (Å²) in [4.78, 5) is 24.0. The van der Waals surface area contributed by atoms with Crippen molar-refractivity contribution in [3.05, 3.63) is 60.4 Å². The van der Waals surface area contributed by atoms with Crippen LogP contribution in [0.25, 0.3) is 22.5 Å². The van der Waals surface area contributed by atoms with Gasteiger partial charge in [-0.05, 0) is 54.4 Å². The molecule has 0 aliphatic carbocycles. The maximum Gasteiger partial charge on any atom is 0.394 e. The lowest BCUT2D eigenvalue weighted by Gasteiger charge is -2.15. The third-order valence-electron chi connectivity index (χ3n) is 4.24. The molecule has 0 aliphatic heterocycles. The molecule has 0 aliphatic rings. The second kappa shape index (κ2) is 11.0. The highest BCUT2D eigenvalue weighted by Gasteiger charge is 2.23. The second-order valence-electron chi connectivity index (χ2n) is 6.65. The molecule has 3 rings (SSSR count). The van der Waals surface area contributed by atoms with Gasteiger partial charge in [-0.15, -0.1) is 0 Å². The third kappa shape index (κ3) is 6.50. The SMILES string of the molecule is CC(F)(F)Oc1ccc(-c2cc(CCOI)c(N=CNC=O)c(-c3cccnc3)n2)cc1. The van der Waals surface area contributed by atoms with Gasteiger partial charge in [-0.2, -0.15) is 8.78 Å². The number of nitrogens with zero attached hydrogens (tertiary/aromatic N) is 3. The Kier molecular flexibility index (Phi) is 8.17. The van der Waals surface area contributed by atoms with Gasteiger partial charge in [-0.3, -0.25) is 9.78 Å². The number of aromatic nitrogens is 2. The summed E-state index contributed by atoms with van der Waals surface area (Å²) in [7, 11) is 0. The van der Waals surface area contributed by atoms with Gasteiger partial charge in [0.15, 0.2) is 0 Å². The number of hydrogen-bond donors (Lipinski definition) is 1. The number of hydrogen-bond acceptors (Lipinski definition) is 6. The van der Waals surface area contributed by atoms with Crippen LogP contribution in [0.5, 0.6) is 5.75 Å². The van der Waals surface area contributed by atoms with E-state index in [0.717, 1.165) is 11.1 Å². The van der Waals surface area contributed by atoms with Gasteiger partial charge in [0.2, 0.25) is 6.41 Å². The summed E-state index contributed by atoms with van der Waals surface area (Å²) in [6.45, 7) is 1.11. The van der Waals surface area contributed by atoms with Crippen molar-refractivity contribution in [3.8, 4) is 28.3 Å². The second-order valence-corrected chi connectivity index (χ2v) is 7.27. The van der Waals surface area contributed by atoms with Crippen LogP contribution in [-0.4, -0.2) is 35.4 Å². The molecule has 7 nitrogen and oxygen atoms in total. The van der Waals surface area contributed by atoms with Gasteiger partial charge < -0.3 is 13.1 Å². The lowest BCUT2D eigenvalue weighted by atomic mass is 10.0. The summed E-state index contributed by atoms with van der Waals surface area (Å²) >= 11 is 1.82. The fourth-order valence-electron chi connectivity index (χ4n) is 2.96. The minimum atomic E-state index is -3.27. The zero-order chi connectivity index (χ0) is 23.0. The van der Waals surface area contributed by atoms with Crippen LogP contribution < -0.4 is 10.1 Å². The van der Waals surface area contributed by atoms with Gasteiger partial charge in [0.1, 0.15) is 28.8 Å². The molecular weight excluding hydrogens is 533 g/mol. The van der Waals surface area contributed by atoms with E-state index in [2.05, 4.69) is 20.0 Å². The number of benzene rings is 1. The number of carbonyl (C=O) groups is 1. The summed E-state index contributed by atoms with van der Waals surface area (Å²) in [5.41, 5.74) is 4.01. The highest BCUT2D eigenvalue weighted by molar-refractivity contribution is 14.1. The van der Waals surface area contributed by atoms with Crippen molar-refractivity contribution in [3.63, 3.8) is 0 Å². The summed E-state index contributed by atoms with van der Waals surface area (Å²) in [5.74, 6) is 0.0495. The van der Waals surface area contributed by atoms with E-state index < -0.39 is 6.11 Å². The molecule has 0 radical (unpaired) electrons. The Morgan fingerprint density at radius 3 is 2.62 bits per heavy atom. The molecule has 0 spiro atoms. The first-order valence-electron chi connectivity index (χ1n) is 9.48. The Hall–Kier alpha value is -2.99. The predicted octanol–water partition coefficient (Wildman–Crippen LogP) is 5.12. The van der Waals surface area contributed by atoms with Crippen molar-refractivity contribution in [1.82, 2.24) is 15.3 Å². The van der Waals surface area contributed by atoms with Crippen LogP contribution in [0.1, 0.15) is 12.5 Å². The van der Waals surface area contributed by atoms with E-state index in [-0.39, 0.29) is 5.75 Å². The largest absolute Gasteiger partial charge is 0.433 e. The third-order valence-corrected chi connectivity index (χ3v) is 4.68. The normalized spacial score (nSPS) is 11.5. The molecule has 0 unspecified atom stereocenters. The minimum Gasteiger partial charge on any atom is -0.433 e. The molecule has 1 aromatic carbocycles. The van der Waals surface area contributed by atoms with Crippen molar-refractivity contribution in [1.29, 1.82) is 0 Å². The molecule has 3 aromatic rings. The van der Waals surface area contributed by atoms with E-state index in [4.69, 9.17) is 8.05 Å². The number of pyridine rings is 2. The first kappa shape index (κ1) is 23.7. The molecule has 1 N–H and O–H groups in total. The van der Waals surface area contributed by atoms with Crippen LogP contribution >= 0.6 is 23.0 Å². The number of halogens is 3. The van der Waals surface area contributed by atoms with Gasteiger partial charge >= 0.3 is 6.11 Å². The van der Waals surface area contributed by atoms with Gasteiger partial charge in [0.25, 0.3) is 0 Å². The maximum atomic E-state index is 13.1. The Morgan fingerprint density at radius 2 is 2.00 bits per heavy atom. The number of nitrogens with one attached hydrogen (secondary N) is 1. The van der Waals surface area contributed by atoms with Crippen molar-refractivity contribution in [2.45, 2.75) is 19.5 Å². The fourth-order valence-corrected chi connectivity index (χ4v) is 3.18. The van der Waals surface area contributed by atoms with E-state index in [0.29, 0.717) is 49.0 Å². The summed E-state index contributed by atoms with van der Waals surface area (Å²) in [6, 6.07) is 11.7. The monoisotopic (exact) mass is 552 g/mol. The Bertz CT molecular complexity index is 1080. The van der Waals surface area contributed by atoms with E-state index >= 15 is 0 Å². The van der Waals surface area contributed by atoms with Crippen molar-refractivity contribution in [2.24, 2.45) is 4.99 Å². The van der Waals surface area contributed by atoms with Crippen LogP contribution in [0.3, 0.4) is 0 Å². The Morgan fingerprint density at radius 1 is 1.22 bits per heavy atom. The zero-order valence-corrected chi connectivity index (χ0v) is 19.1. The number of alkyl halides is 2. The lowest BCUT2D eigenvalue weighted by Crippen LogP contribution is -2.18. The molecule has 32 heavy (non-hydrogen) atoms. The summed E-state index contributed by atoms with van der Waals surface area (Å²) in [6.07, 6.45) is 2.38. The first-order valence-corrected chi connectivity index (χ1v) is 10.4. The molecule has 2 heterocycles. The highest BCUT2D eigenvalue weighted by atomic mass is 127. The Labute approximate surface area is 197 Å². The van der Waals surface area contributed by atoms with Crippen LogP contribution in [0.15, 0.2) is 59.9 Å². The molecule has 10 heteroatoms. The molecule has 2 aromatic heterocycles. The summed E-state index contributed by atoms with van der Waals surface area (Å²) < 4.78 is 36.1. The van der Waals surface area contributed by atoms with Gasteiger partial charge in [0.05, 0.1) is 30.0 Å². The average Bonchev–Trinajstić information content (AvgIpc) is 2.78. The number of amides is 1. The van der Waals surface area contributed by atoms with Crippen molar-refractivity contribution >= 4 is 41.4 Å². The predicted molar refractivity (Wildman–Crippen MR) is 125 cm³/mol. The molecule has 0 fully saturated rings. The van der Waals surface area contributed by atoms with E-state index in [1.807, 2.05) is 35.1 Å². The van der Waals surface area contributed by atoms with E-state index in [1.54, 1.807) is 30.6 Å². The minimum absolute atomic E-state index is 0.0495. The smallest absolute Gasteiger partial charge is 0.394 e. The number of aliphatic imine (C=N–C) groups is 1. The topological polar surface area (TPSA) is 85.7 Å². The van der Waals surface area contributed by atoms with Gasteiger partial charge in [-0.1, -0.05) is 0 Å². The number of rotatable bonds is 10. The van der Waals surface area contributed by atoms with Crippen LogP contribution in [0.4, 0.5) is 14.5 Å². The lowest BCUT2D eigenvalue weighted by molar-refractivity contribution is -0.158.